The summed E-state index contributed by atoms with van der Waals surface area (Å²) in [5.41, 5.74) is 0. The third-order valence-electron chi connectivity index (χ3n) is 5.96. The summed E-state index contributed by atoms with van der Waals surface area (Å²) < 4.78 is 128. The topological polar surface area (TPSA) is 392 Å². The van der Waals surface area contributed by atoms with E-state index in [9.17, 15) is 42.8 Å². The molecule has 0 aromatic heterocycles. The summed E-state index contributed by atoms with van der Waals surface area (Å²) in [7, 11) is -27.3. The van der Waals surface area contributed by atoms with Gasteiger partial charge in [-0.2, -0.15) is 25.3 Å². The van der Waals surface area contributed by atoms with Crippen molar-refractivity contribution in [3.8, 4) is 0 Å². The van der Waals surface area contributed by atoms with Crippen LogP contribution >= 0.6 is 34.7 Å². The first kappa shape index (κ1) is 64.3. The molecule has 0 saturated carbocycles. The van der Waals surface area contributed by atoms with Gasteiger partial charge in [0.05, 0.1) is 16.9 Å². The van der Waals surface area contributed by atoms with Crippen LogP contribution in [0.25, 0.3) is 0 Å². The van der Waals surface area contributed by atoms with Gasteiger partial charge in [0, 0.05) is 9.83 Å². The molecule has 0 heterocycles. The number of hydrogen-bond acceptors (Lipinski definition) is 16. The standard InChI is InChI=1S/C19H44O6S3.K.3H3N.H2O6S4.H3O4P/c1-5-6-7-8-9-10-11-12-13-14-15-16-17-18-19-28(3,4,26(20,21)22)27(23,24)25-2;;;;;1-9(2,3)7-8-10(4,5)6;1-5(2,3)4/h28H,5-19H2,1-4H3,(H,20,21,22);;3*1H3;(H,1,2,3)(H,4,5,6);(H3,1,2,3,4)/q;+1;;;;;/p-1. The van der Waals surface area contributed by atoms with E-state index in [4.69, 9.17) is 23.8 Å². The van der Waals surface area contributed by atoms with Crippen LogP contribution in [0.15, 0.2) is 0 Å². The Labute approximate surface area is 330 Å². The van der Waals surface area contributed by atoms with Gasteiger partial charge < -0.3 is 37.7 Å². The molecule has 0 amide bonds. The van der Waals surface area contributed by atoms with Crippen LogP contribution in [0.1, 0.15) is 96.8 Å². The Morgan fingerprint density at radius 3 is 1.13 bits per heavy atom. The summed E-state index contributed by atoms with van der Waals surface area (Å²) in [6.07, 6.45) is 18.5. The zero-order chi connectivity index (χ0) is 34.7. The third-order valence-corrected chi connectivity index (χ3v) is 30.8. The Kier molecular flexibility index (Phi) is 40.7. The van der Waals surface area contributed by atoms with E-state index >= 15 is 0 Å². The Morgan fingerprint density at radius 2 is 0.936 bits per heavy atom. The molecule has 0 saturated heterocycles. The van der Waals surface area contributed by atoms with Crippen molar-refractivity contribution < 1.29 is 122 Å². The fourth-order valence-corrected chi connectivity index (χ4v) is 18.0. The van der Waals surface area contributed by atoms with Gasteiger partial charge in [-0.05, 0) is 24.7 Å². The summed E-state index contributed by atoms with van der Waals surface area (Å²) in [6, 6.07) is 0. The van der Waals surface area contributed by atoms with E-state index in [0.717, 1.165) is 45.3 Å². The van der Waals surface area contributed by atoms with Crippen molar-refractivity contribution in [3.63, 3.8) is 0 Å². The summed E-state index contributed by atoms with van der Waals surface area (Å²) in [5.74, 6) is -0.0708. The second kappa shape index (κ2) is 29.7. The van der Waals surface area contributed by atoms with E-state index in [1.54, 1.807) is 0 Å². The largest absolute Gasteiger partial charge is 1.00 e. The minimum atomic E-state index is -4.73. The van der Waals surface area contributed by atoms with Crippen LogP contribution < -0.4 is 69.8 Å². The zero-order valence-corrected chi connectivity index (χ0v) is 37.6. The smallest absolute Gasteiger partial charge is 0.739 e. The molecule has 0 rings (SSSR count). The molecule has 0 fully saturated rings. The van der Waals surface area contributed by atoms with Crippen LogP contribution in [-0.2, 0) is 45.3 Å². The molecule has 0 aromatic carbocycles. The van der Waals surface area contributed by atoms with Crippen LogP contribution in [-0.4, -0.2) is 87.4 Å². The van der Waals surface area contributed by atoms with Crippen molar-refractivity contribution in [2.75, 3.05) is 25.4 Å². The van der Waals surface area contributed by atoms with E-state index in [-0.39, 0.29) is 75.6 Å². The predicted octanol–water partition coefficient (Wildman–Crippen LogP) is 1.69. The maximum atomic E-state index is 12.3. The monoisotopic (exact) mass is 877 g/mol. The van der Waals surface area contributed by atoms with E-state index < -0.39 is 71.3 Å². The molecule has 0 aliphatic carbocycles. The normalized spacial score (nSPS) is 12.9. The molecule has 0 spiro atoms. The van der Waals surface area contributed by atoms with Crippen molar-refractivity contribution in [2.45, 2.75) is 96.8 Å². The summed E-state index contributed by atoms with van der Waals surface area (Å²) in [4.78, 5) is 21.6. The first-order chi connectivity index (χ1) is 19.1. The van der Waals surface area contributed by atoms with Crippen LogP contribution in [0.3, 0.4) is 0 Å². The van der Waals surface area contributed by atoms with Gasteiger partial charge in [-0.15, -0.1) is 0 Å². The molecule has 0 atom stereocenters. The summed E-state index contributed by atoms with van der Waals surface area (Å²) in [6.45, 7) is 2.23. The molecule has 0 aromatic rings. The quantitative estimate of drug-likeness (QED) is 0.0198. The first-order valence-corrected chi connectivity index (χ1v) is 28.0. The van der Waals surface area contributed by atoms with E-state index in [1.165, 1.54) is 57.8 Å². The average Bonchev–Trinajstić information content (AvgIpc) is 2.81. The van der Waals surface area contributed by atoms with Crippen molar-refractivity contribution in [1.82, 2.24) is 18.5 Å². The Balaban J connectivity index is -0.000000141. The van der Waals surface area contributed by atoms with Gasteiger partial charge >= 0.3 is 77.5 Å². The maximum Gasteiger partial charge on any atom is 1.00 e. The number of rotatable bonds is 21. The van der Waals surface area contributed by atoms with Crippen LogP contribution in [0.2, 0.25) is 0 Å². The van der Waals surface area contributed by atoms with Gasteiger partial charge in [0.2, 0.25) is 0 Å². The second-order valence-corrected chi connectivity index (χ2v) is 36.0. The van der Waals surface area contributed by atoms with Gasteiger partial charge in [0.1, 0.15) is 0 Å². The fourth-order valence-electron chi connectivity index (χ4n) is 3.40. The molecule has 292 valence electrons. The van der Waals surface area contributed by atoms with Gasteiger partial charge in [-0.3, -0.25) is 13.3 Å². The molecule has 0 radical (unpaired) electrons. The van der Waals surface area contributed by atoms with Gasteiger partial charge in [-0.25, -0.2) is 13.0 Å². The first-order valence-electron chi connectivity index (χ1n) is 13.0. The number of thiol groups is 1. The van der Waals surface area contributed by atoms with Gasteiger partial charge in [0.25, 0.3) is 9.15 Å². The third kappa shape index (κ3) is 35.1. The Bertz CT molecular complexity index is 1230. The molecular formula is C19H57KN3O16PS7. The van der Waals surface area contributed by atoms with Crippen LogP contribution in [0.4, 0.5) is 0 Å². The molecule has 0 aliphatic rings. The fraction of sp³-hybridized carbons (Fsp3) is 1.00. The van der Waals surface area contributed by atoms with Crippen LogP contribution in [0.5, 0.6) is 0 Å². The average molecular weight is 878 g/mol. The maximum absolute atomic E-state index is 12.3. The van der Waals surface area contributed by atoms with E-state index in [1.807, 2.05) is 0 Å². The van der Waals surface area contributed by atoms with Crippen molar-refractivity contribution in [3.05, 3.63) is 0 Å². The predicted molar refractivity (Wildman–Crippen MR) is 189 cm³/mol. The van der Waals surface area contributed by atoms with E-state index in [2.05, 4.69) is 11.1 Å². The number of hydrogen-bond donors (Lipinski definition) is 9. The molecule has 19 nitrogen and oxygen atoms in total. The van der Waals surface area contributed by atoms with Crippen molar-refractivity contribution in [2.24, 2.45) is 0 Å². The molecular weight excluding hydrogens is 821 g/mol. The van der Waals surface area contributed by atoms with Crippen molar-refractivity contribution >= 4 is 71.3 Å². The zero-order valence-electron chi connectivity index (χ0n) is 27.8. The molecule has 0 unspecified atom stereocenters. The van der Waals surface area contributed by atoms with Gasteiger partial charge in [-0.1, -0.05) is 97.6 Å². The van der Waals surface area contributed by atoms with Gasteiger partial charge in [0.15, 0.2) is 9.15 Å². The second-order valence-electron chi connectivity index (χ2n) is 9.99. The summed E-state index contributed by atoms with van der Waals surface area (Å²) in [5, 5.41) is 0. The molecule has 0 bridgehead atoms. The summed E-state index contributed by atoms with van der Waals surface area (Å²) >= 11 is 0. The number of phosphoric acid groups is 1. The van der Waals surface area contributed by atoms with Crippen LogP contribution in [0, 0.1) is 0 Å². The Morgan fingerprint density at radius 1 is 0.660 bits per heavy atom. The SMILES string of the molecule is CCCCCCCCCCCCCCCC[SH](C)(C)(S(=O)(=O)O)S(=O)(=O)OC.N.N.N.O=P(O)(O)O.O=S(=O)([O-])SSS(=O)(=O)O.[K+]. The minimum absolute atomic E-state index is 0. The van der Waals surface area contributed by atoms with E-state index in [0.29, 0.717) is 6.42 Å². The minimum Gasteiger partial charge on any atom is -0.739 e. The molecule has 47 heavy (non-hydrogen) atoms. The number of unbranched alkanes of at least 4 members (excludes halogenated alkanes) is 13. The molecule has 0 aliphatic heterocycles. The molecule has 14 N–H and O–H groups in total. The molecule has 28 heteroatoms. The van der Waals surface area contributed by atoms with Crippen molar-refractivity contribution in [1.29, 1.82) is 0 Å². The Hall–Kier alpha value is 2.32.